The minimum Gasteiger partial charge on any atom is -0.398 e. The normalized spacial score (nSPS) is 18.6. The molecule has 0 amide bonds. The van der Waals surface area contributed by atoms with E-state index in [1.54, 1.807) is 0 Å². The minimum atomic E-state index is -3.69. The van der Waals surface area contributed by atoms with Crippen LogP contribution in [0.1, 0.15) is 32.6 Å². The lowest BCUT2D eigenvalue weighted by Gasteiger charge is -2.20. The van der Waals surface area contributed by atoms with Crippen LogP contribution in [0.5, 0.6) is 0 Å². The van der Waals surface area contributed by atoms with Gasteiger partial charge in [-0.2, -0.15) is 0 Å². The van der Waals surface area contributed by atoms with Gasteiger partial charge in [0.2, 0.25) is 10.0 Å². The molecule has 0 bridgehead atoms. The van der Waals surface area contributed by atoms with Crippen molar-refractivity contribution in [1.82, 2.24) is 4.72 Å². The van der Waals surface area contributed by atoms with Crippen molar-refractivity contribution in [3.63, 3.8) is 0 Å². The first kappa shape index (κ1) is 14.3. The lowest BCUT2D eigenvalue weighted by molar-refractivity contribution is 0.424. The van der Waals surface area contributed by atoms with E-state index in [1.165, 1.54) is 6.07 Å². The smallest absolute Gasteiger partial charge is 0.242 e. The first-order valence-corrected chi connectivity index (χ1v) is 7.96. The van der Waals surface area contributed by atoms with Crippen LogP contribution in [0.15, 0.2) is 23.1 Å². The maximum absolute atomic E-state index is 12.9. The fourth-order valence-corrected chi connectivity index (χ4v) is 4.05. The molecule has 3 N–H and O–H groups in total. The van der Waals surface area contributed by atoms with E-state index in [2.05, 4.69) is 4.72 Å². The van der Waals surface area contributed by atoms with Crippen LogP contribution < -0.4 is 10.5 Å². The highest BCUT2D eigenvalue weighted by atomic mass is 32.2. The molecule has 106 valence electrons. The number of halogens is 1. The number of nitrogens with two attached hydrogens (primary N) is 1. The lowest BCUT2D eigenvalue weighted by Crippen LogP contribution is -2.37. The summed E-state index contributed by atoms with van der Waals surface area (Å²) in [4.78, 5) is -0.0567. The number of anilines is 1. The largest absolute Gasteiger partial charge is 0.398 e. The van der Waals surface area contributed by atoms with Crippen LogP contribution in [-0.2, 0) is 10.0 Å². The molecule has 0 aliphatic heterocycles. The van der Waals surface area contributed by atoms with Gasteiger partial charge in [-0.3, -0.25) is 0 Å². The molecule has 0 heterocycles. The highest BCUT2D eigenvalue weighted by Crippen LogP contribution is 2.29. The van der Waals surface area contributed by atoms with E-state index in [1.807, 2.05) is 6.92 Å². The third-order valence-corrected chi connectivity index (χ3v) is 5.34. The van der Waals surface area contributed by atoms with Crippen molar-refractivity contribution in [2.75, 3.05) is 5.73 Å². The summed E-state index contributed by atoms with van der Waals surface area (Å²) in [5.74, 6) is -0.170. The zero-order valence-corrected chi connectivity index (χ0v) is 11.7. The second kappa shape index (κ2) is 5.46. The topological polar surface area (TPSA) is 72.2 Å². The zero-order chi connectivity index (χ0) is 14.0. The molecule has 0 radical (unpaired) electrons. The Hall–Kier alpha value is -1.14. The van der Waals surface area contributed by atoms with Crippen LogP contribution in [0, 0.1) is 11.7 Å². The summed E-state index contributed by atoms with van der Waals surface area (Å²) in [5.41, 5.74) is 5.51. The molecule has 0 aromatic heterocycles. The van der Waals surface area contributed by atoms with E-state index in [0.29, 0.717) is 5.92 Å². The molecular formula is C13H19FN2O2S. The summed E-state index contributed by atoms with van der Waals surface area (Å²) in [7, 11) is -3.69. The van der Waals surface area contributed by atoms with Gasteiger partial charge in [0.25, 0.3) is 0 Å². The molecule has 1 fully saturated rings. The summed E-state index contributed by atoms with van der Waals surface area (Å²) in [6.45, 7) is 1.87. The Kier molecular flexibility index (Phi) is 4.10. The molecule has 1 aromatic carbocycles. The number of hydrogen-bond acceptors (Lipinski definition) is 3. The number of nitrogens with one attached hydrogen (secondary N) is 1. The van der Waals surface area contributed by atoms with Gasteiger partial charge in [0, 0.05) is 6.04 Å². The van der Waals surface area contributed by atoms with E-state index in [0.717, 1.165) is 37.8 Å². The Morgan fingerprint density at radius 2 is 2.00 bits per heavy atom. The summed E-state index contributed by atoms with van der Waals surface area (Å²) in [6, 6.07) is 3.20. The van der Waals surface area contributed by atoms with Crippen molar-refractivity contribution in [3.05, 3.63) is 24.0 Å². The Labute approximate surface area is 113 Å². The highest BCUT2D eigenvalue weighted by molar-refractivity contribution is 7.89. The average molecular weight is 286 g/mol. The molecule has 1 saturated carbocycles. The molecule has 0 saturated heterocycles. The van der Waals surface area contributed by atoms with Gasteiger partial charge in [-0.15, -0.1) is 0 Å². The fraction of sp³-hybridized carbons (Fsp3) is 0.538. The van der Waals surface area contributed by atoms with Gasteiger partial charge < -0.3 is 5.73 Å². The van der Waals surface area contributed by atoms with E-state index in [4.69, 9.17) is 5.73 Å². The quantitative estimate of drug-likeness (QED) is 0.834. The minimum absolute atomic E-state index is 0.0567. The van der Waals surface area contributed by atoms with Gasteiger partial charge in [-0.1, -0.05) is 12.8 Å². The molecule has 2 rings (SSSR count). The Balaban J connectivity index is 2.17. The third-order valence-electron chi connectivity index (χ3n) is 3.71. The van der Waals surface area contributed by atoms with Crippen LogP contribution in [0.2, 0.25) is 0 Å². The first-order chi connectivity index (χ1) is 8.90. The first-order valence-electron chi connectivity index (χ1n) is 6.47. The Morgan fingerprint density at radius 1 is 1.37 bits per heavy atom. The summed E-state index contributed by atoms with van der Waals surface area (Å²) in [5, 5.41) is 0. The van der Waals surface area contributed by atoms with Gasteiger partial charge in [-0.05, 0) is 43.9 Å². The second-order valence-corrected chi connectivity index (χ2v) is 6.82. The Morgan fingerprint density at radius 3 is 2.58 bits per heavy atom. The Bertz CT molecular complexity index is 554. The number of benzene rings is 1. The maximum atomic E-state index is 12.9. The van der Waals surface area contributed by atoms with Gasteiger partial charge in [0.1, 0.15) is 10.7 Å². The van der Waals surface area contributed by atoms with Crippen molar-refractivity contribution in [1.29, 1.82) is 0 Å². The van der Waals surface area contributed by atoms with Crippen LogP contribution in [0.25, 0.3) is 0 Å². The van der Waals surface area contributed by atoms with Crippen molar-refractivity contribution in [2.24, 2.45) is 5.92 Å². The fourth-order valence-electron chi connectivity index (χ4n) is 2.63. The van der Waals surface area contributed by atoms with Crippen LogP contribution in [-0.4, -0.2) is 14.5 Å². The SMILES string of the molecule is CC(NS(=O)(=O)c1ccc(F)cc1N)C1CCCC1. The van der Waals surface area contributed by atoms with Gasteiger partial charge in [-0.25, -0.2) is 17.5 Å². The molecule has 6 heteroatoms. The molecule has 1 aliphatic carbocycles. The number of hydrogen-bond donors (Lipinski definition) is 2. The molecule has 1 aromatic rings. The van der Waals surface area contributed by atoms with E-state index < -0.39 is 15.8 Å². The standard InChI is InChI=1S/C13H19FN2O2S/c1-9(10-4-2-3-5-10)16-19(17,18)13-7-6-11(14)8-12(13)15/h6-10,16H,2-5,15H2,1H3. The monoisotopic (exact) mass is 286 g/mol. The number of nitrogen functional groups attached to an aromatic ring is 1. The van der Waals surface area contributed by atoms with Gasteiger partial charge in [0.05, 0.1) is 5.69 Å². The molecule has 1 aliphatic rings. The molecule has 19 heavy (non-hydrogen) atoms. The number of rotatable bonds is 4. The zero-order valence-electron chi connectivity index (χ0n) is 10.9. The number of sulfonamides is 1. The highest BCUT2D eigenvalue weighted by Gasteiger charge is 2.27. The summed E-state index contributed by atoms with van der Waals surface area (Å²) < 4.78 is 40.0. The molecule has 1 unspecified atom stereocenters. The van der Waals surface area contributed by atoms with E-state index >= 15 is 0 Å². The lowest BCUT2D eigenvalue weighted by atomic mass is 10.0. The van der Waals surface area contributed by atoms with E-state index in [-0.39, 0.29) is 16.6 Å². The molecule has 0 spiro atoms. The molecule has 1 atom stereocenters. The maximum Gasteiger partial charge on any atom is 0.242 e. The van der Waals surface area contributed by atoms with E-state index in [9.17, 15) is 12.8 Å². The van der Waals surface area contributed by atoms with Crippen LogP contribution >= 0.6 is 0 Å². The summed E-state index contributed by atoms with van der Waals surface area (Å²) in [6.07, 6.45) is 4.38. The van der Waals surface area contributed by atoms with Crippen LogP contribution in [0.3, 0.4) is 0 Å². The van der Waals surface area contributed by atoms with Crippen molar-refractivity contribution in [3.8, 4) is 0 Å². The summed E-state index contributed by atoms with van der Waals surface area (Å²) >= 11 is 0. The van der Waals surface area contributed by atoms with Crippen molar-refractivity contribution >= 4 is 15.7 Å². The van der Waals surface area contributed by atoms with Crippen molar-refractivity contribution < 1.29 is 12.8 Å². The van der Waals surface area contributed by atoms with Gasteiger partial charge >= 0.3 is 0 Å². The predicted molar refractivity (Wildman–Crippen MR) is 72.6 cm³/mol. The second-order valence-electron chi connectivity index (χ2n) is 5.14. The van der Waals surface area contributed by atoms with Crippen LogP contribution in [0.4, 0.5) is 10.1 Å². The molecular weight excluding hydrogens is 267 g/mol. The van der Waals surface area contributed by atoms with Crippen molar-refractivity contribution in [2.45, 2.75) is 43.5 Å². The molecule has 4 nitrogen and oxygen atoms in total. The predicted octanol–water partition coefficient (Wildman–Crippen LogP) is 2.26. The average Bonchev–Trinajstić information content (AvgIpc) is 2.80. The third kappa shape index (κ3) is 3.25. The van der Waals surface area contributed by atoms with Gasteiger partial charge in [0.15, 0.2) is 0 Å².